The van der Waals surface area contributed by atoms with Crippen LogP contribution in [-0.2, 0) is 16.1 Å². The summed E-state index contributed by atoms with van der Waals surface area (Å²) in [5, 5.41) is 0.875. The Morgan fingerprint density at radius 3 is 2.71 bits per heavy atom. The van der Waals surface area contributed by atoms with Crippen molar-refractivity contribution in [3.05, 3.63) is 29.5 Å². The number of rotatable bonds is 6. The van der Waals surface area contributed by atoms with E-state index in [0.29, 0.717) is 24.9 Å². The first-order chi connectivity index (χ1) is 10.1. The van der Waals surface area contributed by atoms with Crippen LogP contribution < -0.4 is 4.74 Å². The fourth-order valence-corrected chi connectivity index (χ4v) is 2.53. The first-order valence-electron chi connectivity index (χ1n) is 6.81. The molecule has 0 bridgehead atoms. The number of esters is 1. The molecule has 1 heterocycles. The summed E-state index contributed by atoms with van der Waals surface area (Å²) in [7, 11) is 2.98. The van der Waals surface area contributed by atoms with Crippen molar-refractivity contribution in [1.29, 1.82) is 0 Å². The van der Waals surface area contributed by atoms with Gasteiger partial charge in [-0.15, -0.1) is 0 Å². The van der Waals surface area contributed by atoms with E-state index in [1.165, 1.54) is 7.11 Å². The van der Waals surface area contributed by atoms with E-state index in [2.05, 4.69) is 9.30 Å². The smallest absolute Gasteiger partial charge is 0.305 e. The van der Waals surface area contributed by atoms with E-state index in [1.54, 1.807) is 7.11 Å². The van der Waals surface area contributed by atoms with Crippen molar-refractivity contribution in [2.24, 2.45) is 0 Å². The van der Waals surface area contributed by atoms with E-state index in [0.717, 1.165) is 28.6 Å². The molecule has 0 fully saturated rings. The van der Waals surface area contributed by atoms with E-state index >= 15 is 0 Å². The van der Waals surface area contributed by atoms with Crippen molar-refractivity contribution in [3.63, 3.8) is 0 Å². The van der Waals surface area contributed by atoms with Crippen LogP contribution in [0, 0.1) is 6.92 Å². The van der Waals surface area contributed by atoms with Gasteiger partial charge in [0.1, 0.15) is 5.75 Å². The van der Waals surface area contributed by atoms with Crippen molar-refractivity contribution in [1.82, 2.24) is 4.57 Å². The highest BCUT2D eigenvalue weighted by molar-refractivity contribution is 6.00. The van der Waals surface area contributed by atoms with Crippen LogP contribution in [0.15, 0.2) is 18.2 Å². The number of methoxy groups -OCH3 is 2. The lowest BCUT2D eigenvalue weighted by Gasteiger charge is -2.08. The topological polar surface area (TPSA) is 57.5 Å². The molecule has 0 aliphatic rings. The zero-order chi connectivity index (χ0) is 15.4. The Labute approximate surface area is 123 Å². The summed E-state index contributed by atoms with van der Waals surface area (Å²) in [5.74, 6) is 0.499. The van der Waals surface area contributed by atoms with Gasteiger partial charge in [0.05, 0.1) is 14.2 Å². The van der Waals surface area contributed by atoms with E-state index in [1.807, 2.05) is 25.1 Å². The number of aromatic nitrogens is 1. The molecule has 0 saturated heterocycles. The van der Waals surface area contributed by atoms with Crippen molar-refractivity contribution in [2.75, 3.05) is 14.2 Å². The number of aryl methyl sites for hydroxylation is 1. The van der Waals surface area contributed by atoms with E-state index < -0.39 is 0 Å². The zero-order valence-corrected chi connectivity index (χ0v) is 12.5. The van der Waals surface area contributed by atoms with Crippen LogP contribution in [0.2, 0.25) is 0 Å². The Morgan fingerprint density at radius 1 is 1.33 bits per heavy atom. The molecule has 112 valence electrons. The molecule has 0 amide bonds. The molecule has 2 rings (SSSR count). The molecule has 1 aromatic carbocycles. The van der Waals surface area contributed by atoms with Gasteiger partial charge >= 0.3 is 5.97 Å². The summed E-state index contributed by atoms with van der Waals surface area (Å²) in [5.41, 5.74) is 2.54. The second kappa shape index (κ2) is 6.43. The molecule has 1 aromatic heterocycles. The van der Waals surface area contributed by atoms with Gasteiger partial charge in [-0.05, 0) is 31.5 Å². The average molecular weight is 289 g/mol. The maximum absolute atomic E-state index is 11.4. The number of carbonyl (C=O) groups excluding carboxylic acids is 2. The van der Waals surface area contributed by atoms with Gasteiger partial charge in [0.15, 0.2) is 6.29 Å². The van der Waals surface area contributed by atoms with Crippen LogP contribution >= 0.6 is 0 Å². The van der Waals surface area contributed by atoms with Gasteiger partial charge in [-0.3, -0.25) is 9.59 Å². The number of benzene rings is 1. The van der Waals surface area contributed by atoms with Crippen LogP contribution in [-0.4, -0.2) is 31.0 Å². The van der Waals surface area contributed by atoms with Crippen molar-refractivity contribution < 1.29 is 19.1 Å². The fourth-order valence-electron chi connectivity index (χ4n) is 2.53. The lowest BCUT2D eigenvalue weighted by molar-refractivity contribution is -0.140. The van der Waals surface area contributed by atoms with Crippen LogP contribution in [0.5, 0.6) is 5.75 Å². The summed E-state index contributed by atoms with van der Waals surface area (Å²) in [6.45, 7) is 2.58. The molecular weight excluding hydrogens is 270 g/mol. The van der Waals surface area contributed by atoms with Gasteiger partial charge in [-0.2, -0.15) is 0 Å². The van der Waals surface area contributed by atoms with Gasteiger partial charge in [-0.1, -0.05) is 0 Å². The molecule has 0 unspecified atom stereocenters. The number of ether oxygens (including phenoxy) is 2. The zero-order valence-electron chi connectivity index (χ0n) is 12.5. The third kappa shape index (κ3) is 2.91. The standard InChI is InChI=1S/C16H19NO4/c1-11-14(10-18)13-9-12(20-2)6-7-15(13)17(11)8-4-5-16(19)21-3/h6-7,9-10H,4-5,8H2,1-3H3. The number of hydrogen-bond acceptors (Lipinski definition) is 4. The maximum atomic E-state index is 11.4. The second-order valence-corrected chi connectivity index (χ2v) is 4.83. The summed E-state index contributed by atoms with van der Waals surface area (Å²) < 4.78 is 11.9. The largest absolute Gasteiger partial charge is 0.497 e. The minimum absolute atomic E-state index is 0.221. The maximum Gasteiger partial charge on any atom is 0.305 e. The number of carbonyl (C=O) groups is 2. The number of fused-ring (bicyclic) bond motifs is 1. The first-order valence-corrected chi connectivity index (χ1v) is 6.81. The predicted octanol–water partition coefficient (Wildman–Crippen LogP) is 2.72. The Balaban J connectivity index is 2.36. The Bertz CT molecular complexity index is 672. The molecule has 0 atom stereocenters. The molecule has 2 aromatic rings. The highest BCUT2D eigenvalue weighted by Crippen LogP contribution is 2.28. The monoisotopic (exact) mass is 289 g/mol. The number of hydrogen-bond donors (Lipinski definition) is 0. The highest BCUT2D eigenvalue weighted by Gasteiger charge is 2.14. The van der Waals surface area contributed by atoms with E-state index in [-0.39, 0.29) is 5.97 Å². The van der Waals surface area contributed by atoms with Gasteiger partial charge in [-0.25, -0.2) is 0 Å². The van der Waals surface area contributed by atoms with Gasteiger partial charge in [0, 0.05) is 35.1 Å². The minimum Gasteiger partial charge on any atom is -0.497 e. The van der Waals surface area contributed by atoms with Crippen LogP contribution in [0.1, 0.15) is 28.9 Å². The second-order valence-electron chi connectivity index (χ2n) is 4.83. The summed E-state index contributed by atoms with van der Waals surface area (Å²) in [4.78, 5) is 22.5. The fraction of sp³-hybridized carbons (Fsp3) is 0.375. The Morgan fingerprint density at radius 2 is 2.10 bits per heavy atom. The minimum atomic E-state index is -0.221. The molecule has 5 nitrogen and oxygen atoms in total. The lowest BCUT2D eigenvalue weighted by Crippen LogP contribution is -2.05. The molecular formula is C16H19NO4. The van der Waals surface area contributed by atoms with Crippen molar-refractivity contribution in [3.8, 4) is 5.75 Å². The summed E-state index contributed by atoms with van der Waals surface area (Å²) >= 11 is 0. The SMILES string of the molecule is COC(=O)CCCn1c(C)c(C=O)c2cc(OC)ccc21. The van der Waals surface area contributed by atoms with Gasteiger partial charge in [0.25, 0.3) is 0 Å². The van der Waals surface area contributed by atoms with E-state index in [9.17, 15) is 9.59 Å². The molecule has 0 aliphatic carbocycles. The number of aldehydes is 1. The number of nitrogens with zero attached hydrogens (tertiary/aromatic N) is 1. The average Bonchev–Trinajstić information content (AvgIpc) is 2.77. The van der Waals surface area contributed by atoms with Crippen molar-refractivity contribution in [2.45, 2.75) is 26.3 Å². The summed E-state index contributed by atoms with van der Waals surface area (Å²) in [6.07, 6.45) is 1.90. The molecule has 0 aliphatic heterocycles. The molecule has 0 saturated carbocycles. The Kier molecular flexibility index (Phi) is 4.62. The highest BCUT2D eigenvalue weighted by atomic mass is 16.5. The molecule has 21 heavy (non-hydrogen) atoms. The van der Waals surface area contributed by atoms with E-state index in [4.69, 9.17) is 4.74 Å². The van der Waals surface area contributed by atoms with Crippen molar-refractivity contribution >= 4 is 23.2 Å². The molecule has 0 N–H and O–H groups in total. The molecule has 0 spiro atoms. The first kappa shape index (κ1) is 15.1. The van der Waals surface area contributed by atoms with Crippen LogP contribution in [0.3, 0.4) is 0 Å². The third-order valence-corrected chi connectivity index (χ3v) is 3.69. The summed E-state index contributed by atoms with van der Waals surface area (Å²) in [6, 6.07) is 5.67. The van der Waals surface area contributed by atoms with Gasteiger partial charge in [0.2, 0.25) is 0 Å². The molecule has 0 radical (unpaired) electrons. The Hall–Kier alpha value is -2.30. The predicted molar refractivity (Wildman–Crippen MR) is 79.9 cm³/mol. The van der Waals surface area contributed by atoms with Crippen LogP contribution in [0.4, 0.5) is 0 Å². The van der Waals surface area contributed by atoms with Gasteiger partial charge < -0.3 is 14.0 Å². The molecule has 5 heteroatoms. The quantitative estimate of drug-likeness (QED) is 0.606. The third-order valence-electron chi connectivity index (χ3n) is 3.69. The normalized spacial score (nSPS) is 10.6. The van der Waals surface area contributed by atoms with Crippen LogP contribution in [0.25, 0.3) is 10.9 Å². The lowest BCUT2D eigenvalue weighted by atomic mass is 10.1.